The van der Waals surface area contributed by atoms with Gasteiger partial charge in [0.25, 0.3) is 0 Å². The van der Waals surface area contributed by atoms with Crippen LogP contribution >= 0.6 is 11.6 Å². The minimum Gasteiger partial charge on any atom is -0.387 e. The third-order valence-electron chi connectivity index (χ3n) is 3.29. The molecular weight excluding hydrogens is 298 g/mol. The molecule has 1 heterocycles. The normalized spacial score (nSPS) is 12.8. The van der Waals surface area contributed by atoms with Gasteiger partial charge in [0, 0.05) is 17.2 Å². The van der Waals surface area contributed by atoms with Crippen molar-refractivity contribution in [3.05, 3.63) is 64.9 Å². The Hall–Kier alpha value is -1.98. The van der Waals surface area contributed by atoms with Gasteiger partial charge in [0.15, 0.2) is 11.6 Å². The van der Waals surface area contributed by atoms with Crippen molar-refractivity contribution < 1.29 is 13.9 Å². The lowest BCUT2D eigenvalue weighted by Crippen LogP contribution is -2.07. The van der Waals surface area contributed by atoms with Crippen LogP contribution in [0, 0.1) is 11.6 Å². The smallest absolute Gasteiger partial charge is 0.161 e. The van der Waals surface area contributed by atoms with Crippen molar-refractivity contribution in [2.75, 3.05) is 0 Å². The largest absolute Gasteiger partial charge is 0.387 e. The highest BCUT2D eigenvalue weighted by atomic mass is 35.5. The van der Waals surface area contributed by atoms with E-state index in [4.69, 9.17) is 11.6 Å². The van der Waals surface area contributed by atoms with Crippen molar-refractivity contribution in [3.63, 3.8) is 0 Å². The molecule has 1 aromatic heterocycles. The van der Waals surface area contributed by atoms with E-state index in [1.165, 1.54) is 6.33 Å². The topological polar surface area (TPSA) is 38.0 Å². The first-order chi connectivity index (χ1) is 10.0. The minimum atomic E-state index is -0.940. The molecule has 0 aliphatic carbocycles. The van der Waals surface area contributed by atoms with E-state index >= 15 is 0 Å². The van der Waals surface area contributed by atoms with Crippen LogP contribution in [0.2, 0.25) is 5.02 Å². The first-order valence-electron chi connectivity index (χ1n) is 6.28. The number of hydrogen-bond donors (Lipinski definition) is 1. The summed E-state index contributed by atoms with van der Waals surface area (Å²) >= 11 is 5.80. The molecule has 0 aliphatic rings. The summed E-state index contributed by atoms with van der Waals surface area (Å²) in [7, 11) is 0. The maximum atomic E-state index is 13.3. The van der Waals surface area contributed by atoms with Gasteiger partial charge in [0.05, 0.1) is 30.0 Å². The van der Waals surface area contributed by atoms with Gasteiger partial charge in [-0.1, -0.05) is 23.7 Å². The fourth-order valence-electron chi connectivity index (χ4n) is 2.18. The Labute approximate surface area is 124 Å². The van der Waals surface area contributed by atoms with E-state index in [1.54, 1.807) is 28.8 Å². The molecular formula is C15H11ClF2N2O. The van der Waals surface area contributed by atoms with Crippen molar-refractivity contribution in [3.8, 4) is 0 Å². The number of aliphatic hydroxyl groups excluding tert-OH is 1. The molecule has 2 aromatic carbocycles. The second-order valence-electron chi connectivity index (χ2n) is 4.72. The zero-order valence-corrected chi connectivity index (χ0v) is 11.6. The average molecular weight is 309 g/mol. The molecule has 0 saturated carbocycles. The van der Waals surface area contributed by atoms with Crippen LogP contribution in [-0.2, 0) is 6.54 Å². The molecule has 3 aromatic rings. The summed E-state index contributed by atoms with van der Waals surface area (Å²) in [4.78, 5) is 4.01. The summed E-state index contributed by atoms with van der Waals surface area (Å²) in [5.74, 6) is -1.88. The quantitative estimate of drug-likeness (QED) is 0.801. The average Bonchev–Trinajstić information content (AvgIpc) is 2.82. The number of aliphatic hydroxyl groups is 1. The third-order valence-corrected chi connectivity index (χ3v) is 3.54. The molecule has 0 spiro atoms. The Morgan fingerprint density at radius 3 is 2.52 bits per heavy atom. The van der Waals surface area contributed by atoms with E-state index in [1.807, 2.05) is 0 Å². The fraction of sp³-hybridized carbons (Fsp3) is 0.133. The highest BCUT2D eigenvalue weighted by Gasteiger charge is 2.13. The Balaban J connectivity index is 1.91. The summed E-state index contributed by atoms with van der Waals surface area (Å²) < 4.78 is 28.0. The number of benzene rings is 2. The second-order valence-corrected chi connectivity index (χ2v) is 5.16. The number of hydrogen-bond acceptors (Lipinski definition) is 2. The number of rotatable bonds is 3. The summed E-state index contributed by atoms with van der Waals surface area (Å²) in [6.07, 6.45) is 0.649. The molecule has 1 unspecified atom stereocenters. The van der Waals surface area contributed by atoms with Crippen molar-refractivity contribution in [2.24, 2.45) is 0 Å². The Bertz CT molecular complexity index is 786. The number of nitrogens with zero attached hydrogens (tertiary/aromatic N) is 2. The fourth-order valence-corrected chi connectivity index (χ4v) is 2.30. The molecule has 0 saturated heterocycles. The van der Waals surface area contributed by atoms with Crippen LogP contribution in [-0.4, -0.2) is 14.7 Å². The van der Waals surface area contributed by atoms with Crippen molar-refractivity contribution in [1.29, 1.82) is 0 Å². The van der Waals surface area contributed by atoms with E-state index in [9.17, 15) is 13.9 Å². The van der Waals surface area contributed by atoms with Crippen LogP contribution in [0.25, 0.3) is 11.0 Å². The SMILES string of the molecule is OC(Cn1cnc2cc(F)c(F)cc21)c1ccc(Cl)cc1. The van der Waals surface area contributed by atoms with Crippen LogP contribution in [0.4, 0.5) is 8.78 Å². The van der Waals surface area contributed by atoms with Gasteiger partial charge in [-0.3, -0.25) is 0 Å². The van der Waals surface area contributed by atoms with Crippen LogP contribution in [0.3, 0.4) is 0 Å². The Kier molecular flexibility index (Phi) is 3.61. The number of aromatic nitrogens is 2. The molecule has 1 N–H and O–H groups in total. The molecule has 3 nitrogen and oxygen atoms in total. The first-order valence-corrected chi connectivity index (χ1v) is 6.66. The van der Waals surface area contributed by atoms with Crippen molar-refractivity contribution in [2.45, 2.75) is 12.6 Å². The zero-order valence-electron chi connectivity index (χ0n) is 10.8. The summed E-state index contributed by atoms with van der Waals surface area (Å²) in [5, 5.41) is 10.8. The lowest BCUT2D eigenvalue weighted by Gasteiger charge is -2.12. The first kappa shape index (κ1) is 14.0. The molecule has 0 radical (unpaired) electrons. The van der Waals surface area contributed by atoms with Gasteiger partial charge in [-0.2, -0.15) is 0 Å². The maximum absolute atomic E-state index is 13.3. The molecule has 0 fully saturated rings. The zero-order chi connectivity index (χ0) is 15.0. The Morgan fingerprint density at radius 1 is 1.14 bits per heavy atom. The third kappa shape index (κ3) is 2.75. The number of fused-ring (bicyclic) bond motifs is 1. The van der Waals surface area contributed by atoms with Gasteiger partial charge in [0.1, 0.15) is 0 Å². The monoisotopic (exact) mass is 308 g/mol. The predicted molar refractivity (Wildman–Crippen MR) is 76.1 cm³/mol. The van der Waals surface area contributed by atoms with Gasteiger partial charge in [-0.25, -0.2) is 13.8 Å². The maximum Gasteiger partial charge on any atom is 0.161 e. The van der Waals surface area contributed by atoms with Crippen LogP contribution in [0.15, 0.2) is 42.7 Å². The number of halogens is 3. The molecule has 6 heteroatoms. The molecule has 0 bridgehead atoms. The van der Waals surface area contributed by atoms with E-state index in [2.05, 4.69) is 4.98 Å². The van der Waals surface area contributed by atoms with Crippen LogP contribution < -0.4 is 0 Å². The van der Waals surface area contributed by atoms with Crippen LogP contribution in [0.1, 0.15) is 11.7 Å². The second kappa shape index (κ2) is 5.42. The van der Waals surface area contributed by atoms with E-state index in [0.717, 1.165) is 12.1 Å². The minimum absolute atomic E-state index is 0.184. The van der Waals surface area contributed by atoms with Gasteiger partial charge in [-0.15, -0.1) is 0 Å². The molecule has 3 rings (SSSR count). The summed E-state index contributed by atoms with van der Waals surface area (Å²) in [5.41, 5.74) is 1.46. The molecule has 21 heavy (non-hydrogen) atoms. The molecule has 108 valence electrons. The Morgan fingerprint density at radius 2 is 1.81 bits per heavy atom. The molecule has 0 amide bonds. The van der Waals surface area contributed by atoms with Gasteiger partial charge in [-0.05, 0) is 17.7 Å². The standard InChI is InChI=1S/C15H11ClF2N2O/c16-10-3-1-9(2-4-10)15(21)7-20-8-19-13-5-11(17)12(18)6-14(13)20/h1-6,8,15,21H,7H2. The van der Waals surface area contributed by atoms with Crippen molar-refractivity contribution in [1.82, 2.24) is 9.55 Å². The highest BCUT2D eigenvalue weighted by Crippen LogP contribution is 2.22. The van der Waals surface area contributed by atoms with Gasteiger partial charge < -0.3 is 9.67 Å². The molecule has 1 atom stereocenters. The lowest BCUT2D eigenvalue weighted by molar-refractivity contribution is 0.158. The van der Waals surface area contributed by atoms with Gasteiger partial charge >= 0.3 is 0 Å². The lowest BCUT2D eigenvalue weighted by atomic mass is 10.1. The predicted octanol–water partition coefficient (Wildman–Crippen LogP) is 3.70. The van der Waals surface area contributed by atoms with Crippen molar-refractivity contribution >= 4 is 22.6 Å². The van der Waals surface area contributed by atoms with Crippen LogP contribution in [0.5, 0.6) is 0 Å². The van der Waals surface area contributed by atoms with Gasteiger partial charge in [0.2, 0.25) is 0 Å². The van der Waals surface area contributed by atoms with E-state index in [0.29, 0.717) is 21.6 Å². The molecule has 0 aliphatic heterocycles. The number of imidazole rings is 1. The summed E-state index contributed by atoms with van der Waals surface area (Å²) in [6.45, 7) is 0.184. The summed E-state index contributed by atoms with van der Waals surface area (Å²) in [6, 6.07) is 8.91. The van der Waals surface area contributed by atoms with E-state index in [-0.39, 0.29) is 6.54 Å². The highest BCUT2D eigenvalue weighted by molar-refractivity contribution is 6.30. The van der Waals surface area contributed by atoms with E-state index < -0.39 is 17.7 Å².